The van der Waals surface area contributed by atoms with E-state index in [1.807, 2.05) is 23.1 Å². The van der Waals surface area contributed by atoms with Gasteiger partial charge in [-0.1, -0.05) is 18.2 Å². The number of carbonyl (C=O) groups excluding carboxylic acids is 1. The Morgan fingerprint density at radius 2 is 1.68 bits per heavy atom. The zero-order valence-corrected chi connectivity index (χ0v) is 13.9. The zero-order valence-electron chi connectivity index (χ0n) is 13.9. The van der Waals surface area contributed by atoms with E-state index >= 15 is 0 Å². The van der Waals surface area contributed by atoms with Crippen molar-refractivity contribution in [3.8, 4) is 11.5 Å². The summed E-state index contributed by atoms with van der Waals surface area (Å²) in [4.78, 5) is 14.7. The number of benzene rings is 2. The summed E-state index contributed by atoms with van der Waals surface area (Å²) in [5.41, 5.74) is 1.86. The number of halogens is 1. The molecule has 1 fully saturated rings. The molecule has 0 radical (unpaired) electrons. The smallest absolute Gasteiger partial charge is 0.227 e. The van der Waals surface area contributed by atoms with E-state index in [0.717, 1.165) is 29.7 Å². The summed E-state index contributed by atoms with van der Waals surface area (Å²) in [6.07, 6.45) is 2.40. The number of nitrogens with zero attached hydrogens (tertiary/aromatic N) is 1. The van der Waals surface area contributed by atoms with E-state index in [4.69, 9.17) is 9.47 Å². The molecule has 130 valence electrons. The van der Waals surface area contributed by atoms with Crippen molar-refractivity contribution in [3.05, 3.63) is 59.4 Å². The Bertz CT molecular complexity index is 771. The highest BCUT2D eigenvalue weighted by atomic mass is 19.1. The van der Waals surface area contributed by atoms with Crippen LogP contribution in [0.2, 0.25) is 0 Å². The molecule has 0 aromatic heterocycles. The van der Waals surface area contributed by atoms with Crippen molar-refractivity contribution in [1.82, 2.24) is 4.90 Å². The summed E-state index contributed by atoms with van der Waals surface area (Å²) in [5, 5.41) is 0. The lowest BCUT2D eigenvalue weighted by Crippen LogP contribution is -2.33. The van der Waals surface area contributed by atoms with Crippen molar-refractivity contribution in [1.29, 1.82) is 0 Å². The molecule has 4 rings (SSSR count). The van der Waals surface area contributed by atoms with Crippen LogP contribution in [0.5, 0.6) is 11.5 Å². The van der Waals surface area contributed by atoms with Gasteiger partial charge in [0.15, 0.2) is 11.5 Å². The van der Waals surface area contributed by atoms with Crippen LogP contribution in [0.3, 0.4) is 0 Å². The van der Waals surface area contributed by atoms with E-state index in [9.17, 15) is 9.18 Å². The highest BCUT2D eigenvalue weighted by molar-refractivity contribution is 5.79. The Morgan fingerprint density at radius 3 is 2.40 bits per heavy atom. The third kappa shape index (κ3) is 3.76. The molecule has 1 heterocycles. The third-order valence-corrected chi connectivity index (χ3v) is 4.54. The molecule has 2 aliphatic rings. The lowest BCUT2D eigenvalue weighted by molar-refractivity contribution is -0.131. The van der Waals surface area contributed by atoms with Crippen LogP contribution in [0, 0.1) is 5.82 Å². The number of hydrogen-bond donors (Lipinski definition) is 0. The van der Waals surface area contributed by atoms with Crippen LogP contribution in [0.1, 0.15) is 24.0 Å². The van der Waals surface area contributed by atoms with Gasteiger partial charge in [-0.05, 0) is 48.2 Å². The van der Waals surface area contributed by atoms with Crippen LogP contribution in [-0.2, 0) is 17.8 Å². The van der Waals surface area contributed by atoms with E-state index in [2.05, 4.69) is 0 Å². The summed E-state index contributed by atoms with van der Waals surface area (Å²) in [6, 6.07) is 12.3. The van der Waals surface area contributed by atoms with Gasteiger partial charge < -0.3 is 14.4 Å². The molecule has 0 spiro atoms. The van der Waals surface area contributed by atoms with Gasteiger partial charge in [0.05, 0.1) is 6.42 Å². The van der Waals surface area contributed by atoms with Gasteiger partial charge in [0.1, 0.15) is 19.0 Å². The van der Waals surface area contributed by atoms with Gasteiger partial charge in [0.2, 0.25) is 5.91 Å². The van der Waals surface area contributed by atoms with E-state index in [1.165, 1.54) is 12.1 Å². The number of fused-ring (bicyclic) bond motifs is 1. The molecule has 1 aliphatic heterocycles. The zero-order chi connectivity index (χ0) is 17.2. The maximum Gasteiger partial charge on any atom is 0.227 e. The van der Waals surface area contributed by atoms with Crippen LogP contribution in [0.4, 0.5) is 4.39 Å². The second-order valence-corrected chi connectivity index (χ2v) is 6.53. The SMILES string of the molecule is O=C(Cc1ccc2c(c1)OCCO2)N(Cc1ccc(F)cc1)C1CC1. The molecule has 1 amide bonds. The molecule has 5 heteroatoms. The van der Waals surface area contributed by atoms with Gasteiger partial charge in [-0.2, -0.15) is 0 Å². The minimum atomic E-state index is -0.260. The van der Waals surface area contributed by atoms with E-state index in [-0.39, 0.29) is 11.7 Å². The first-order valence-electron chi connectivity index (χ1n) is 8.61. The molecule has 0 N–H and O–H groups in total. The fraction of sp³-hybridized carbons (Fsp3) is 0.350. The van der Waals surface area contributed by atoms with Crippen LogP contribution < -0.4 is 9.47 Å². The van der Waals surface area contributed by atoms with Crippen molar-refractivity contribution in [2.75, 3.05) is 13.2 Å². The van der Waals surface area contributed by atoms with Crippen molar-refractivity contribution in [3.63, 3.8) is 0 Å². The second kappa shape index (κ2) is 6.75. The fourth-order valence-corrected chi connectivity index (χ4v) is 3.07. The molecule has 0 bridgehead atoms. The molecule has 1 aliphatic carbocycles. The molecule has 2 aromatic carbocycles. The molecular weight excluding hydrogens is 321 g/mol. The average Bonchev–Trinajstić information content (AvgIpc) is 3.46. The van der Waals surface area contributed by atoms with Gasteiger partial charge in [-0.3, -0.25) is 4.79 Å². The highest BCUT2D eigenvalue weighted by Crippen LogP contribution is 2.32. The van der Waals surface area contributed by atoms with Crippen LogP contribution in [0.15, 0.2) is 42.5 Å². The molecule has 0 atom stereocenters. The Kier molecular flexibility index (Phi) is 4.30. The molecule has 4 nitrogen and oxygen atoms in total. The standard InChI is InChI=1S/C20H20FNO3/c21-16-4-1-14(2-5-16)13-22(17-6-7-17)20(23)12-15-3-8-18-19(11-15)25-10-9-24-18/h1-5,8,11,17H,6-7,9-10,12-13H2. The van der Waals surface area contributed by atoms with Gasteiger partial charge in [0.25, 0.3) is 0 Å². The van der Waals surface area contributed by atoms with E-state index in [1.54, 1.807) is 12.1 Å². The highest BCUT2D eigenvalue weighted by Gasteiger charge is 2.32. The summed E-state index contributed by atoms with van der Waals surface area (Å²) >= 11 is 0. The summed E-state index contributed by atoms with van der Waals surface area (Å²) < 4.78 is 24.2. The lowest BCUT2D eigenvalue weighted by Gasteiger charge is -2.23. The van der Waals surface area contributed by atoms with Crippen LogP contribution in [0.25, 0.3) is 0 Å². The topological polar surface area (TPSA) is 38.8 Å². The average molecular weight is 341 g/mol. The van der Waals surface area contributed by atoms with Gasteiger partial charge in [0, 0.05) is 12.6 Å². The summed E-state index contributed by atoms with van der Waals surface area (Å²) in [7, 11) is 0. The number of rotatable bonds is 5. The van der Waals surface area contributed by atoms with Crippen molar-refractivity contribution in [2.45, 2.75) is 31.8 Å². The minimum Gasteiger partial charge on any atom is -0.486 e. The number of amides is 1. The largest absolute Gasteiger partial charge is 0.486 e. The first-order chi connectivity index (χ1) is 12.2. The predicted octanol–water partition coefficient (Wildman–Crippen LogP) is 3.33. The Morgan fingerprint density at radius 1 is 1.00 bits per heavy atom. The van der Waals surface area contributed by atoms with E-state index < -0.39 is 0 Å². The number of carbonyl (C=O) groups is 1. The molecule has 1 saturated carbocycles. The summed E-state index contributed by atoms with van der Waals surface area (Å²) in [6.45, 7) is 1.61. The minimum absolute atomic E-state index is 0.0866. The first-order valence-corrected chi connectivity index (χ1v) is 8.61. The maximum absolute atomic E-state index is 13.1. The van der Waals surface area contributed by atoms with Crippen LogP contribution in [-0.4, -0.2) is 30.1 Å². The van der Waals surface area contributed by atoms with Crippen molar-refractivity contribution >= 4 is 5.91 Å². The quantitative estimate of drug-likeness (QED) is 0.837. The van der Waals surface area contributed by atoms with E-state index in [0.29, 0.717) is 38.0 Å². The van der Waals surface area contributed by atoms with Gasteiger partial charge in [-0.15, -0.1) is 0 Å². The Hall–Kier alpha value is -2.56. The maximum atomic E-state index is 13.1. The Labute approximate surface area is 146 Å². The number of ether oxygens (including phenoxy) is 2. The monoisotopic (exact) mass is 341 g/mol. The second-order valence-electron chi connectivity index (χ2n) is 6.53. The molecule has 0 saturated heterocycles. The first kappa shape index (κ1) is 15.9. The molecule has 2 aromatic rings. The van der Waals surface area contributed by atoms with Crippen molar-refractivity contribution < 1.29 is 18.7 Å². The number of hydrogen-bond acceptors (Lipinski definition) is 3. The Balaban J connectivity index is 1.46. The van der Waals surface area contributed by atoms with Gasteiger partial charge >= 0.3 is 0 Å². The molecule has 25 heavy (non-hydrogen) atoms. The van der Waals surface area contributed by atoms with Gasteiger partial charge in [-0.25, -0.2) is 4.39 Å². The van der Waals surface area contributed by atoms with Crippen molar-refractivity contribution in [2.24, 2.45) is 0 Å². The molecular formula is C20H20FNO3. The normalized spacial score (nSPS) is 15.7. The van der Waals surface area contributed by atoms with Crippen LogP contribution >= 0.6 is 0 Å². The lowest BCUT2D eigenvalue weighted by atomic mass is 10.1. The fourth-order valence-electron chi connectivity index (χ4n) is 3.07. The predicted molar refractivity (Wildman–Crippen MR) is 91.1 cm³/mol. The summed E-state index contributed by atoms with van der Waals surface area (Å²) in [5.74, 6) is 1.26. The molecule has 0 unspecified atom stereocenters. The third-order valence-electron chi connectivity index (χ3n) is 4.54.